The Morgan fingerprint density at radius 1 is 1.17 bits per heavy atom. The summed E-state index contributed by atoms with van der Waals surface area (Å²) in [4.78, 5) is 2.16. The molecule has 0 heterocycles. The van der Waals surface area contributed by atoms with Crippen molar-refractivity contribution < 1.29 is 9.47 Å². The molecule has 0 aliphatic heterocycles. The summed E-state index contributed by atoms with van der Waals surface area (Å²) in [6.07, 6.45) is 0.953. The highest BCUT2D eigenvalue weighted by atomic mass is 16.5. The maximum absolute atomic E-state index is 5.81. The molecule has 0 radical (unpaired) electrons. The van der Waals surface area contributed by atoms with Crippen molar-refractivity contribution in [1.82, 2.24) is 4.90 Å². The van der Waals surface area contributed by atoms with Gasteiger partial charge in [0.05, 0.1) is 14.2 Å². The van der Waals surface area contributed by atoms with E-state index < -0.39 is 0 Å². The highest BCUT2D eigenvalue weighted by Crippen LogP contribution is 2.28. The second kappa shape index (κ2) is 7.24. The Labute approximate surface area is 110 Å². The van der Waals surface area contributed by atoms with Gasteiger partial charge in [0.15, 0.2) is 11.5 Å². The van der Waals surface area contributed by atoms with Crippen molar-refractivity contribution in [3.63, 3.8) is 0 Å². The van der Waals surface area contributed by atoms with E-state index in [9.17, 15) is 0 Å². The van der Waals surface area contributed by atoms with Crippen LogP contribution in [0.25, 0.3) is 0 Å². The molecule has 0 aliphatic rings. The van der Waals surface area contributed by atoms with Crippen molar-refractivity contribution in [2.45, 2.75) is 6.42 Å². The maximum atomic E-state index is 5.81. The molecule has 0 bridgehead atoms. The Morgan fingerprint density at radius 3 is 2.33 bits per heavy atom. The van der Waals surface area contributed by atoms with Crippen LogP contribution in [-0.4, -0.2) is 46.3 Å². The number of methoxy groups -OCH3 is 2. The van der Waals surface area contributed by atoms with Crippen LogP contribution in [0.3, 0.4) is 0 Å². The SMILES string of the molecule is COc1ccc(CC(CN)CN(C)C)cc1OC. The minimum Gasteiger partial charge on any atom is -0.493 e. The number of hydrogen-bond acceptors (Lipinski definition) is 4. The summed E-state index contributed by atoms with van der Waals surface area (Å²) in [5, 5.41) is 0. The van der Waals surface area contributed by atoms with E-state index in [1.165, 1.54) is 5.56 Å². The first kappa shape index (κ1) is 14.8. The molecule has 0 aromatic heterocycles. The smallest absolute Gasteiger partial charge is 0.160 e. The molecule has 0 saturated heterocycles. The number of hydrogen-bond donors (Lipinski definition) is 1. The van der Waals surface area contributed by atoms with E-state index >= 15 is 0 Å². The predicted octanol–water partition coefficient (Wildman–Crippen LogP) is 1.38. The zero-order valence-electron chi connectivity index (χ0n) is 11.8. The minimum atomic E-state index is 0.457. The van der Waals surface area contributed by atoms with Gasteiger partial charge in [0, 0.05) is 6.54 Å². The minimum absolute atomic E-state index is 0.457. The van der Waals surface area contributed by atoms with E-state index in [1.54, 1.807) is 14.2 Å². The van der Waals surface area contributed by atoms with Gasteiger partial charge in [-0.2, -0.15) is 0 Å². The summed E-state index contributed by atoms with van der Waals surface area (Å²) in [5.41, 5.74) is 7.04. The van der Waals surface area contributed by atoms with Crippen LogP contribution >= 0.6 is 0 Å². The molecule has 18 heavy (non-hydrogen) atoms. The second-order valence-corrected chi connectivity index (χ2v) is 4.76. The fourth-order valence-electron chi connectivity index (χ4n) is 2.08. The normalized spacial score (nSPS) is 12.6. The second-order valence-electron chi connectivity index (χ2n) is 4.76. The first-order valence-corrected chi connectivity index (χ1v) is 6.16. The lowest BCUT2D eigenvalue weighted by Gasteiger charge is -2.20. The topological polar surface area (TPSA) is 47.7 Å². The first-order valence-electron chi connectivity index (χ1n) is 6.16. The van der Waals surface area contributed by atoms with Gasteiger partial charge < -0.3 is 20.1 Å². The summed E-state index contributed by atoms with van der Waals surface area (Å²) >= 11 is 0. The molecule has 0 saturated carbocycles. The van der Waals surface area contributed by atoms with Gasteiger partial charge >= 0.3 is 0 Å². The molecule has 1 unspecified atom stereocenters. The Hall–Kier alpha value is -1.26. The fraction of sp³-hybridized carbons (Fsp3) is 0.571. The van der Waals surface area contributed by atoms with E-state index in [-0.39, 0.29) is 0 Å². The molecule has 0 amide bonds. The summed E-state index contributed by atoms with van der Waals surface area (Å²) in [7, 11) is 7.43. The average Bonchev–Trinajstić information content (AvgIpc) is 2.37. The average molecular weight is 252 g/mol. The Kier molecular flexibility index (Phi) is 5.95. The van der Waals surface area contributed by atoms with Gasteiger partial charge in [-0.3, -0.25) is 0 Å². The standard InChI is InChI=1S/C14H24N2O2/c1-16(2)10-12(9-15)7-11-5-6-13(17-3)14(8-11)18-4/h5-6,8,12H,7,9-10,15H2,1-4H3. The van der Waals surface area contributed by atoms with Gasteiger partial charge in [-0.05, 0) is 50.7 Å². The van der Waals surface area contributed by atoms with Crippen molar-refractivity contribution in [2.75, 3.05) is 41.4 Å². The van der Waals surface area contributed by atoms with Crippen LogP contribution in [0.1, 0.15) is 5.56 Å². The van der Waals surface area contributed by atoms with E-state index in [4.69, 9.17) is 15.2 Å². The molecule has 1 atom stereocenters. The van der Waals surface area contributed by atoms with Crippen molar-refractivity contribution >= 4 is 0 Å². The largest absolute Gasteiger partial charge is 0.493 e. The van der Waals surface area contributed by atoms with Crippen molar-refractivity contribution in [1.29, 1.82) is 0 Å². The molecule has 1 rings (SSSR count). The first-order chi connectivity index (χ1) is 8.60. The van der Waals surface area contributed by atoms with Crippen LogP contribution in [0, 0.1) is 5.92 Å². The Balaban J connectivity index is 2.77. The fourth-order valence-corrected chi connectivity index (χ4v) is 2.08. The molecule has 1 aromatic rings. The Morgan fingerprint density at radius 2 is 1.83 bits per heavy atom. The van der Waals surface area contributed by atoms with Crippen molar-refractivity contribution in [2.24, 2.45) is 11.7 Å². The van der Waals surface area contributed by atoms with Gasteiger partial charge in [0.2, 0.25) is 0 Å². The molecule has 0 spiro atoms. The lowest BCUT2D eigenvalue weighted by molar-refractivity contribution is 0.326. The van der Waals surface area contributed by atoms with Crippen molar-refractivity contribution in [3.8, 4) is 11.5 Å². The zero-order valence-corrected chi connectivity index (χ0v) is 11.8. The van der Waals surface area contributed by atoms with Gasteiger partial charge in [-0.25, -0.2) is 0 Å². The van der Waals surface area contributed by atoms with Crippen LogP contribution in [0.5, 0.6) is 11.5 Å². The van der Waals surface area contributed by atoms with Gasteiger partial charge in [0.1, 0.15) is 0 Å². The van der Waals surface area contributed by atoms with Crippen LogP contribution in [0.15, 0.2) is 18.2 Å². The molecular formula is C14H24N2O2. The molecule has 0 aliphatic carbocycles. The quantitative estimate of drug-likeness (QED) is 0.796. The Bertz CT molecular complexity index is 367. The van der Waals surface area contributed by atoms with E-state index in [1.807, 2.05) is 12.1 Å². The summed E-state index contributed by atoms with van der Waals surface area (Å²) < 4.78 is 10.5. The van der Waals surface area contributed by atoms with Crippen LogP contribution < -0.4 is 15.2 Å². The lowest BCUT2D eigenvalue weighted by atomic mass is 9.98. The molecule has 2 N–H and O–H groups in total. The van der Waals surface area contributed by atoms with Gasteiger partial charge in [-0.1, -0.05) is 6.07 Å². The van der Waals surface area contributed by atoms with Crippen LogP contribution in [0.4, 0.5) is 0 Å². The third-order valence-electron chi connectivity index (χ3n) is 2.93. The van der Waals surface area contributed by atoms with E-state index in [0.717, 1.165) is 24.5 Å². The van der Waals surface area contributed by atoms with E-state index in [2.05, 4.69) is 25.1 Å². The number of nitrogens with zero attached hydrogens (tertiary/aromatic N) is 1. The van der Waals surface area contributed by atoms with Crippen molar-refractivity contribution in [3.05, 3.63) is 23.8 Å². The molecule has 4 heteroatoms. The van der Waals surface area contributed by atoms with E-state index in [0.29, 0.717) is 12.5 Å². The summed E-state index contributed by atoms with van der Waals surface area (Å²) in [6.45, 7) is 1.68. The van der Waals surface area contributed by atoms with Gasteiger partial charge in [-0.15, -0.1) is 0 Å². The maximum Gasteiger partial charge on any atom is 0.160 e. The zero-order chi connectivity index (χ0) is 13.5. The predicted molar refractivity (Wildman–Crippen MR) is 74.3 cm³/mol. The lowest BCUT2D eigenvalue weighted by Crippen LogP contribution is -2.29. The highest BCUT2D eigenvalue weighted by Gasteiger charge is 2.11. The number of ether oxygens (including phenoxy) is 2. The molecule has 102 valence electrons. The summed E-state index contributed by atoms with van der Waals surface area (Å²) in [6, 6.07) is 6.04. The molecule has 4 nitrogen and oxygen atoms in total. The molecule has 0 fully saturated rings. The van der Waals surface area contributed by atoms with Gasteiger partial charge in [0.25, 0.3) is 0 Å². The molecule has 1 aromatic carbocycles. The monoisotopic (exact) mass is 252 g/mol. The third kappa shape index (κ3) is 4.20. The number of benzene rings is 1. The number of nitrogens with two attached hydrogens (primary N) is 1. The number of rotatable bonds is 7. The summed E-state index contributed by atoms with van der Waals surface area (Å²) in [5.74, 6) is 1.99. The molecular weight excluding hydrogens is 228 g/mol. The third-order valence-corrected chi connectivity index (χ3v) is 2.93. The van der Waals surface area contributed by atoms with Crippen LogP contribution in [-0.2, 0) is 6.42 Å². The van der Waals surface area contributed by atoms with Crippen LogP contribution in [0.2, 0.25) is 0 Å². The highest BCUT2D eigenvalue weighted by molar-refractivity contribution is 5.43.